The number of ether oxygens (including phenoxy) is 3. The lowest BCUT2D eigenvalue weighted by molar-refractivity contribution is 0.104. The minimum Gasteiger partial charge on any atom is -0.504 e. The van der Waals surface area contributed by atoms with Crippen LogP contribution in [0.25, 0.3) is 6.08 Å². The first-order valence-corrected chi connectivity index (χ1v) is 8.25. The lowest BCUT2D eigenvalue weighted by Gasteiger charge is -2.08. The monoisotopic (exact) mass is 340 g/mol. The van der Waals surface area contributed by atoms with Gasteiger partial charge in [-0.2, -0.15) is 0 Å². The molecule has 0 bridgehead atoms. The molecule has 1 N–H and O–H groups in total. The van der Waals surface area contributed by atoms with Crippen LogP contribution in [0.3, 0.4) is 0 Å². The second kappa shape index (κ2) is 7.75. The van der Waals surface area contributed by atoms with E-state index in [0.29, 0.717) is 42.6 Å². The number of fused-ring (bicyclic) bond motifs is 1. The minimum absolute atomic E-state index is 0.0771. The van der Waals surface area contributed by atoms with Gasteiger partial charge in [-0.05, 0) is 48.9 Å². The van der Waals surface area contributed by atoms with Crippen molar-refractivity contribution in [3.8, 4) is 23.0 Å². The number of hydrogen-bond donors (Lipinski definition) is 1. The van der Waals surface area contributed by atoms with Crippen molar-refractivity contribution in [1.82, 2.24) is 0 Å². The second-order valence-electron chi connectivity index (χ2n) is 5.57. The summed E-state index contributed by atoms with van der Waals surface area (Å²) in [7, 11) is 0. The van der Waals surface area contributed by atoms with Crippen LogP contribution in [-0.4, -0.2) is 30.7 Å². The Hall–Kier alpha value is -2.95. The molecule has 1 heterocycles. The maximum Gasteiger partial charge on any atom is 0.185 e. The quantitative estimate of drug-likeness (QED) is 0.661. The Morgan fingerprint density at radius 3 is 2.76 bits per heavy atom. The van der Waals surface area contributed by atoms with Crippen LogP contribution in [0.1, 0.15) is 29.3 Å². The van der Waals surface area contributed by atoms with Crippen molar-refractivity contribution < 1.29 is 24.1 Å². The zero-order valence-corrected chi connectivity index (χ0v) is 14.0. The Labute approximate surface area is 146 Å². The molecule has 0 aliphatic carbocycles. The highest BCUT2D eigenvalue weighted by Gasteiger charge is 2.13. The molecule has 130 valence electrons. The Morgan fingerprint density at radius 2 is 1.96 bits per heavy atom. The lowest BCUT2D eigenvalue weighted by atomic mass is 10.1. The minimum atomic E-state index is -0.137. The van der Waals surface area contributed by atoms with Crippen LogP contribution in [0, 0.1) is 0 Å². The molecule has 2 aromatic rings. The largest absolute Gasteiger partial charge is 0.504 e. The summed E-state index contributed by atoms with van der Waals surface area (Å²) < 4.78 is 16.5. The van der Waals surface area contributed by atoms with Gasteiger partial charge in [-0.15, -0.1) is 0 Å². The first-order valence-electron chi connectivity index (χ1n) is 8.25. The predicted octanol–water partition coefficient (Wildman–Crippen LogP) is 3.85. The van der Waals surface area contributed by atoms with Crippen molar-refractivity contribution in [3.05, 3.63) is 53.6 Å². The van der Waals surface area contributed by atoms with E-state index in [1.807, 2.05) is 6.92 Å². The molecular formula is C20H20O5. The van der Waals surface area contributed by atoms with Gasteiger partial charge >= 0.3 is 0 Å². The fourth-order valence-corrected chi connectivity index (χ4v) is 2.49. The SMILES string of the molecule is CCOc1cc(/C=C/C(=O)c2ccc3c(c2)OCCCO3)ccc1O. The fourth-order valence-electron chi connectivity index (χ4n) is 2.49. The third-order valence-corrected chi connectivity index (χ3v) is 3.74. The summed E-state index contributed by atoms with van der Waals surface area (Å²) in [6.07, 6.45) is 4.00. The average Bonchev–Trinajstić information content (AvgIpc) is 2.87. The smallest absolute Gasteiger partial charge is 0.185 e. The molecule has 0 radical (unpaired) electrons. The Kier molecular flexibility index (Phi) is 5.23. The van der Waals surface area contributed by atoms with Crippen LogP contribution < -0.4 is 14.2 Å². The van der Waals surface area contributed by atoms with E-state index in [0.717, 1.165) is 12.0 Å². The van der Waals surface area contributed by atoms with Gasteiger partial charge in [0.25, 0.3) is 0 Å². The molecule has 0 fully saturated rings. The van der Waals surface area contributed by atoms with E-state index in [9.17, 15) is 9.90 Å². The van der Waals surface area contributed by atoms with E-state index in [-0.39, 0.29) is 11.5 Å². The molecule has 3 rings (SSSR count). The van der Waals surface area contributed by atoms with E-state index in [4.69, 9.17) is 14.2 Å². The molecule has 5 heteroatoms. The predicted molar refractivity (Wildman–Crippen MR) is 94.7 cm³/mol. The number of hydrogen-bond acceptors (Lipinski definition) is 5. The molecule has 0 amide bonds. The first kappa shape index (κ1) is 16.9. The van der Waals surface area contributed by atoms with E-state index in [2.05, 4.69) is 0 Å². The molecule has 1 aliphatic rings. The van der Waals surface area contributed by atoms with Crippen molar-refractivity contribution in [2.45, 2.75) is 13.3 Å². The van der Waals surface area contributed by atoms with Crippen molar-refractivity contribution >= 4 is 11.9 Å². The van der Waals surface area contributed by atoms with Gasteiger partial charge in [0.15, 0.2) is 28.8 Å². The van der Waals surface area contributed by atoms with Crippen LogP contribution >= 0.6 is 0 Å². The molecule has 0 atom stereocenters. The van der Waals surface area contributed by atoms with Gasteiger partial charge in [-0.25, -0.2) is 0 Å². The maximum absolute atomic E-state index is 12.4. The maximum atomic E-state index is 12.4. The number of ketones is 1. The first-order chi connectivity index (χ1) is 12.2. The lowest BCUT2D eigenvalue weighted by Crippen LogP contribution is -1.98. The average molecular weight is 340 g/mol. The van der Waals surface area contributed by atoms with Gasteiger partial charge in [0.1, 0.15) is 0 Å². The van der Waals surface area contributed by atoms with E-state index >= 15 is 0 Å². The van der Waals surface area contributed by atoms with Gasteiger partial charge in [0, 0.05) is 12.0 Å². The van der Waals surface area contributed by atoms with E-state index in [1.54, 1.807) is 42.5 Å². The molecule has 1 aliphatic heterocycles. The molecule has 5 nitrogen and oxygen atoms in total. The Morgan fingerprint density at radius 1 is 1.16 bits per heavy atom. The summed E-state index contributed by atoms with van der Waals surface area (Å²) in [5.74, 6) is 1.60. The molecule has 0 unspecified atom stereocenters. The van der Waals surface area contributed by atoms with E-state index in [1.165, 1.54) is 6.08 Å². The zero-order chi connectivity index (χ0) is 17.6. The van der Waals surface area contributed by atoms with Gasteiger partial charge < -0.3 is 19.3 Å². The van der Waals surface area contributed by atoms with Crippen molar-refractivity contribution in [3.63, 3.8) is 0 Å². The fraction of sp³-hybridized carbons (Fsp3) is 0.250. The highest BCUT2D eigenvalue weighted by atomic mass is 16.5. The standard InChI is InChI=1S/C20H20O5/c1-2-23-19-12-14(5-8-17(19)22)4-7-16(21)15-6-9-18-20(13-15)25-11-3-10-24-18/h4-9,12-13,22H,2-3,10-11H2,1H3/b7-4+. The summed E-state index contributed by atoms with van der Waals surface area (Å²) in [6.45, 7) is 3.49. The van der Waals surface area contributed by atoms with Gasteiger partial charge in [-0.1, -0.05) is 12.1 Å². The summed E-state index contributed by atoms with van der Waals surface area (Å²) in [5.41, 5.74) is 1.30. The summed E-state index contributed by atoms with van der Waals surface area (Å²) in [5, 5.41) is 9.72. The Balaban J connectivity index is 1.77. The van der Waals surface area contributed by atoms with Crippen molar-refractivity contribution in [2.24, 2.45) is 0 Å². The highest BCUT2D eigenvalue weighted by Crippen LogP contribution is 2.31. The third kappa shape index (κ3) is 4.12. The molecule has 0 saturated carbocycles. The number of carbonyl (C=O) groups excluding carboxylic acids is 1. The van der Waals surface area contributed by atoms with Gasteiger partial charge in [-0.3, -0.25) is 4.79 Å². The van der Waals surface area contributed by atoms with Crippen LogP contribution in [0.2, 0.25) is 0 Å². The number of phenolic OH excluding ortho intramolecular Hbond substituents is 1. The number of allylic oxidation sites excluding steroid dienone is 1. The molecule has 25 heavy (non-hydrogen) atoms. The second-order valence-corrected chi connectivity index (χ2v) is 5.57. The number of benzene rings is 2. The number of aromatic hydroxyl groups is 1. The van der Waals surface area contributed by atoms with Crippen molar-refractivity contribution in [2.75, 3.05) is 19.8 Å². The number of phenols is 1. The van der Waals surface area contributed by atoms with Crippen LogP contribution in [-0.2, 0) is 0 Å². The van der Waals surface area contributed by atoms with Gasteiger partial charge in [0.05, 0.1) is 19.8 Å². The number of rotatable bonds is 5. The molecule has 0 spiro atoms. The van der Waals surface area contributed by atoms with Gasteiger partial charge in [0.2, 0.25) is 0 Å². The summed E-state index contributed by atoms with van der Waals surface area (Å²) in [6, 6.07) is 10.1. The third-order valence-electron chi connectivity index (χ3n) is 3.74. The van der Waals surface area contributed by atoms with Crippen LogP contribution in [0.15, 0.2) is 42.5 Å². The van der Waals surface area contributed by atoms with Crippen molar-refractivity contribution in [1.29, 1.82) is 0 Å². The molecule has 0 saturated heterocycles. The topological polar surface area (TPSA) is 65.0 Å². The highest BCUT2D eigenvalue weighted by molar-refractivity contribution is 6.07. The number of carbonyl (C=O) groups is 1. The normalized spacial score (nSPS) is 13.5. The molecular weight excluding hydrogens is 320 g/mol. The zero-order valence-electron chi connectivity index (χ0n) is 14.0. The van der Waals surface area contributed by atoms with E-state index < -0.39 is 0 Å². The molecule has 0 aromatic heterocycles. The summed E-state index contributed by atoms with van der Waals surface area (Å²) in [4.78, 5) is 12.4. The summed E-state index contributed by atoms with van der Waals surface area (Å²) >= 11 is 0. The molecule has 2 aromatic carbocycles. The Bertz CT molecular complexity index is 795. The van der Waals surface area contributed by atoms with Crippen LogP contribution in [0.5, 0.6) is 23.0 Å². The van der Waals surface area contributed by atoms with Crippen LogP contribution in [0.4, 0.5) is 0 Å².